The van der Waals surface area contributed by atoms with Crippen molar-refractivity contribution >= 4 is 11.9 Å². The molecule has 2 rings (SSSR count). The average Bonchev–Trinajstić information content (AvgIpc) is 2.99. The molecule has 0 radical (unpaired) electrons. The van der Waals surface area contributed by atoms with Gasteiger partial charge in [0.25, 0.3) is 0 Å². The van der Waals surface area contributed by atoms with Crippen LogP contribution in [0, 0.1) is 12.8 Å². The van der Waals surface area contributed by atoms with Gasteiger partial charge in [0.05, 0.1) is 12.1 Å². The minimum Gasteiger partial charge on any atom is -0.478 e. The molecule has 28 heavy (non-hydrogen) atoms. The Morgan fingerprint density at radius 3 is 2.29 bits per heavy atom. The summed E-state index contributed by atoms with van der Waals surface area (Å²) in [4.78, 5) is 25.2. The molecule has 0 aliphatic heterocycles. The summed E-state index contributed by atoms with van der Waals surface area (Å²) in [6.07, 6.45) is -3.56. The van der Waals surface area contributed by atoms with Crippen molar-refractivity contribution in [3.05, 3.63) is 58.5 Å². The van der Waals surface area contributed by atoms with E-state index >= 15 is 0 Å². The van der Waals surface area contributed by atoms with Gasteiger partial charge in [-0.25, -0.2) is 4.79 Å². The van der Waals surface area contributed by atoms with Gasteiger partial charge in [0.1, 0.15) is 17.1 Å². The maximum Gasteiger partial charge on any atom is 0.416 e. The number of benzene rings is 1. The molecule has 1 unspecified atom stereocenters. The fraction of sp³-hybridized carbons (Fsp3) is 0.400. The highest BCUT2D eigenvalue weighted by Gasteiger charge is 2.30. The summed E-state index contributed by atoms with van der Waals surface area (Å²) in [5.74, 6) is -1.07. The second-order valence-corrected chi connectivity index (χ2v) is 6.69. The Labute approximate surface area is 160 Å². The van der Waals surface area contributed by atoms with E-state index in [0.29, 0.717) is 24.2 Å². The Bertz CT molecular complexity index is 840. The number of carbonyl (C=O) groups excluding carboxylic acids is 1. The van der Waals surface area contributed by atoms with Crippen LogP contribution in [0.5, 0.6) is 0 Å². The number of hydrogen-bond acceptors (Lipinski definition) is 3. The van der Waals surface area contributed by atoms with Crippen molar-refractivity contribution in [2.24, 2.45) is 5.92 Å². The summed E-state index contributed by atoms with van der Waals surface area (Å²) >= 11 is 0. The molecule has 0 bridgehead atoms. The van der Waals surface area contributed by atoms with Gasteiger partial charge in [-0.15, -0.1) is 0 Å². The van der Waals surface area contributed by atoms with Gasteiger partial charge in [0.2, 0.25) is 5.91 Å². The van der Waals surface area contributed by atoms with Crippen LogP contribution < -0.4 is 0 Å². The van der Waals surface area contributed by atoms with Crippen LogP contribution in [0.2, 0.25) is 0 Å². The first kappa shape index (κ1) is 21.5. The van der Waals surface area contributed by atoms with Gasteiger partial charge in [0, 0.05) is 13.0 Å². The van der Waals surface area contributed by atoms with Gasteiger partial charge in [-0.1, -0.05) is 19.1 Å². The number of amides is 1. The SMILES string of the molecule is CCC(Cc1ccc(C(F)(F)F)cc1)C(=O)N(C)Cc1cc(C(=O)O)c(C)o1. The van der Waals surface area contributed by atoms with E-state index < -0.39 is 23.6 Å². The second-order valence-electron chi connectivity index (χ2n) is 6.69. The van der Waals surface area contributed by atoms with E-state index in [1.807, 2.05) is 6.92 Å². The van der Waals surface area contributed by atoms with Crippen molar-refractivity contribution in [3.63, 3.8) is 0 Å². The van der Waals surface area contributed by atoms with Crippen molar-refractivity contribution in [1.82, 2.24) is 4.90 Å². The third-order valence-corrected chi connectivity index (χ3v) is 4.57. The summed E-state index contributed by atoms with van der Waals surface area (Å²) in [6, 6.07) is 6.17. The molecule has 5 nitrogen and oxygen atoms in total. The van der Waals surface area contributed by atoms with Crippen LogP contribution in [0.15, 0.2) is 34.7 Å². The summed E-state index contributed by atoms with van der Waals surface area (Å²) < 4.78 is 43.4. The minimum atomic E-state index is -4.39. The number of furan rings is 1. The van der Waals surface area contributed by atoms with Gasteiger partial charge in [0.15, 0.2) is 0 Å². The van der Waals surface area contributed by atoms with Crippen LogP contribution in [0.3, 0.4) is 0 Å². The van der Waals surface area contributed by atoms with Gasteiger partial charge < -0.3 is 14.4 Å². The zero-order chi connectivity index (χ0) is 21.1. The lowest BCUT2D eigenvalue weighted by atomic mass is 9.95. The van der Waals surface area contributed by atoms with E-state index in [1.54, 1.807) is 7.05 Å². The summed E-state index contributed by atoms with van der Waals surface area (Å²) in [7, 11) is 1.58. The summed E-state index contributed by atoms with van der Waals surface area (Å²) in [5.41, 5.74) is -0.0357. The molecule has 8 heteroatoms. The molecule has 152 valence electrons. The van der Waals surface area contributed by atoms with Gasteiger partial charge in [-0.05, 0) is 43.5 Å². The summed E-state index contributed by atoms with van der Waals surface area (Å²) in [6.45, 7) is 3.48. The molecule has 1 aromatic carbocycles. The van der Waals surface area contributed by atoms with E-state index in [4.69, 9.17) is 9.52 Å². The van der Waals surface area contributed by atoms with Crippen LogP contribution in [0.1, 0.15) is 46.3 Å². The van der Waals surface area contributed by atoms with Crippen LogP contribution in [0.4, 0.5) is 13.2 Å². The van der Waals surface area contributed by atoms with E-state index in [-0.39, 0.29) is 23.8 Å². The largest absolute Gasteiger partial charge is 0.478 e. The molecular formula is C20H22F3NO4. The smallest absolute Gasteiger partial charge is 0.416 e. The van der Waals surface area contributed by atoms with Crippen LogP contribution in [-0.4, -0.2) is 28.9 Å². The molecule has 0 aliphatic rings. The monoisotopic (exact) mass is 397 g/mol. The highest BCUT2D eigenvalue weighted by molar-refractivity contribution is 5.88. The molecule has 2 aromatic rings. The number of aromatic carboxylic acids is 1. The Morgan fingerprint density at radius 2 is 1.82 bits per heavy atom. The third kappa shape index (κ3) is 5.15. The Hall–Kier alpha value is -2.77. The fourth-order valence-corrected chi connectivity index (χ4v) is 2.98. The van der Waals surface area contributed by atoms with E-state index in [0.717, 1.165) is 12.1 Å². The normalized spacial score (nSPS) is 12.6. The molecule has 0 aliphatic carbocycles. The quantitative estimate of drug-likeness (QED) is 0.745. The molecule has 1 atom stereocenters. The first-order valence-electron chi connectivity index (χ1n) is 8.76. The van der Waals surface area contributed by atoms with Crippen molar-refractivity contribution in [2.45, 2.75) is 39.4 Å². The number of carboxylic acid groups (broad SMARTS) is 1. The molecule has 1 aromatic heterocycles. The molecule has 1 heterocycles. The van der Waals surface area contributed by atoms with Gasteiger partial charge in [-0.3, -0.25) is 4.79 Å². The van der Waals surface area contributed by atoms with Gasteiger partial charge in [-0.2, -0.15) is 13.2 Å². The standard InChI is InChI=1S/C20H22F3NO4/c1-4-14(9-13-5-7-15(8-6-13)20(21,22)23)18(25)24(3)11-16-10-17(19(26)27)12(2)28-16/h5-8,10,14H,4,9,11H2,1-3H3,(H,26,27). The van der Waals surface area contributed by atoms with E-state index in [9.17, 15) is 22.8 Å². The lowest BCUT2D eigenvalue weighted by molar-refractivity contribution is -0.137. The molecular weight excluding hydrogens is 375 g/mol. The van der Waals surface area contributed by atoms with Crippen LogP contribution >= 0.6 is 0 Å². The topological polar surface area (TPSA) is 70.8 Å². The molecule has 1 N–H and O–H groups in total. The molecule has 0 spiro atoms. The average molecular weight is 397 g/mol. The number of hydrogen-bond donors (Lipinski definition) is 1. The lowest BCUT2D eigenvalue weighted by Gasteiger charge is -2.22. The first-order valence-corrected chi connectivity index (χ1v) is 8.76. The zero-order valence-electron chi connectivity index (χ0n) is 15.8. The highest BCUT2D eigenvalue weighted by Crippen LogP contribution is 2.29. The number of nitrogens with zero attached hydrogens (tertiary/aromatic N) is 1. The Balaban J connectivity index is 2.05. The molecule has 1 amide bonds. The second kappa shape index (κ2) is 8.50. The zero-order valence-corrected chi connectivity index (χ0v) is 15.8. The number of alkyl halides is 3. The molecule has 0 saturated carbocycles. The maximum absolute atomic E-state index is 12.7. The van der Waals surface area contributed by atoms with Crippen molar-refractivity contribution in [2.75, 3.05) is 7.05 Å². The van der Waals surface area contributed by atoms with Gasteiger partial charge >= 0.3 is 12.1 Å². The lowest BCUT2D eigenvalue weighted by Crippen LogP contribution is -2.33. The van der Waals surface area contributed by atoms with E-state index in [1.165, 1.54) is 30.0 Å². The highest BCUT2D eigenvalue weighted by atomic mass is 19.4. The predicted molar refractivity (Wildman–Crippen MR) is 95.8 cm³/mol. The van der Waals surface area contributed by atoms with Crippen molar-refractivity contribution in [3.8, 4) is 0 Å². The minimum absolute atomic E-state index is 0.0487. The van der Waals surface area contributed by atoms with Crippen molar-refractivity contribution in [1.29, 1.82) is 0 Å². The number of rotatable bonds is 7. The molecule has 0 fully saturated rings. The number of aryl methyl sites for hydroxylation is 1. The number of halogens is 3. The summed E-state index contributed by atoms with van der Waals surface area (Å²) in [5, 5.41) is 9.07. The van der Waals surface area contributed by atoms with E-state index in [2.05, 4.69) is 0 Å². The van der Waals surface area contributed by atoms with Crippen LogP contribution in [-0.2, 0) is 23.9 Å². The fourth-order valence-electron chi connectivity index (χ4n) is 2.98. The van der Waals surface area contributed by atoms with Crippen LogP contribution in [0.25, 0.3) is 0 Å². The Kier molecular flexibility index (Phi) is 6.53. The number of carbonyl (C=O) groups is 2. The number of carboxylic acids is 1. The van der Waals surface area contributed by atoms with Crippen molar-refractivity contribution < 1.29 is 32.3 Å². The first-order chi connectivity index (χ1) is 13.0. The maximum atomic E-state index is 12.7. The Morgan fingerprint density at radius 1 is 1.21 bits per heavy atom. The third-order valence-electron chi connectivity index (χ3n) is 4.57. The molecule has 0 saturated heterocycles. The predicted octanol–water partition coefficient (Wildman–Crippen LogP) is 4.53.